The zero-order valence-electron chi connectivity index (χ0n) is 15.7. The lowest BCUT2D eigenvalue weighted by atomic mass is 10.0. The summed E-state index contributed by atoms with van der Waals surface area (Å²) in [4.78, 5) is 4.50. The predicted molar refractivity (Wildman–Crippen MR) is 117 cm³/mol. The molecule has 1 aliphatic rings. The Morgan fingerprint density at radius 2 is 1.93 bits per heavy atom. The minimum atomic E-state index is -4.31. The quantitative estimate of drug-likeness (QED) is 0.272. The maximum Gasteiger partial charge on any atom is 0.411 e. The van der Waals surface area contributed by atoms with E-state index in [0.717, 1.165) is 23.5 Å². The Kier molecular flexibility index (Phi) is 10.9. The Labute approximate surface area is 184 Å². The molecule has 1 aromatic carbocycles. The van der Waals surface area contributed by atoms with Gasteiger partial charge in [0.2, 0.25) is 0 Å². The second-order valence-corrected chi connectivity index (χ2v) is 7.61. The average molecular weight is 533 g/mol. The standard InChI is InChI=1S/C18H26F3N3O2S.HI/c1-2-22-16(24-11-17(25)7-8-27-13-17)23-9-14-3-5-15(6-4-14)10-26-12-18(19,20)21;/h3-6,25H,2,7-13H2,1H3,(H2,22,23,24);1H. The highest BCUT2D eigenvalue weighted by Gasteiger charge is 2.31. The van der Waals surface area contributed by atoms with Gasteiger partial charge in [0.25, 0.3) is 0 Å². The van der Waals surface area contributed by atoms with Crippen LogP contribution in [0.4, 0.5) is 13.2 Å². The second-order valence-electron chi connectivity index (χ2n) is 6.50. The Morgan fingerprint density at radius 1 is 1.25 bits per heavy atom. The van der Waals surface area contributed by atoms with E-state index in [1.54, 1.807) is 23.9 Å². The van der Waals surface area contributed by atoms with Crippen LogP contribution in [0.2, 0.25) is 0 Å². The number of nitrogens with one attached hydrogen (secondary N) is 2. The number of thioether (sulfide) groups is 1. The highest BCUT2D eigenvalue weighted by atomic mass is 127. The number of ether oxygens (including phenoxy) is 1. The third-order valence-electron chi connectivity index (χ3n) is 3.99. The molecule has 5 nitrogen and oxygen atoms in total. The highest BCUT2D eigenvalue weighted by molar-refractivity contribution is 14.0. The molecule has 1 aliphatic heterocycles. The topological polar surface area (TPSA) is 65.9 Å². The molecule has 160 valence electrons. The van der Waals surface area contributed by atoms with Crippen LogP contribution in [0, 0.1) is 0 Å². The van der Waals surface area contributed by atoms with Gasteiger partial charge in [-0.05, 0) is 30.2 Å². The molecule has 1 unspecified atom stereocenters. The molecule has 1 saturated heterocycles. The van der Waals surface area contributed by atoms with Crippen LogP contribution in [0.25, 0.3) is 0 Å². The van der Waals surface area contributed by atoms with Crippen molar-refractivity contribution in [2.24, 2.45) is 4.99 Å². The Morgan fingerprint density at radius 3 is 2.50 bits per heavy atom. The van der Waals surface area contributed by atoms with Gasteiger partial charge < -0.3 is 20.5 Å². The molecule has 2 rings (SSSR count). The smallest absolute Gasteiger partial charge is 0.387 e. The molecule has 1 heterocycles. The van der Waals surface area contributed by atoms with Crippen molar-refractivity contribution in [2.75, 3.05) is 31.2 Å². The SMILES string of the molecule is CCNC(=NCc1ccc(COCC(F)(F)F)cc1)NCC1(O)CCSC1.I. The van der Waals surface area contributed by atoms with E-state index in [-0.39, 0.29) is 30.6 Å². The zero-order valence-corrected chi connectivity index (χ0v) is 18.9. The lowest BCUT2D eigenvalue weighted by molar-refractivity contribution is -0.176. The van der Waals surface area contributed by atoms with E-state index < -0.39 is 18.4 Å². The first-order valence-corrected chi connectivity index (χ1v) is 10.00. The fraction of sp³-hybridized carbons (Fsp3) is 0.611. The summed E-state index contributed by atoms with van der Waals surface area (Å²) in [5.74, 6) is 2.31. The first kappa shape index (κ1) is 25.3. The molecule has 0 amide bonds. The molecule has 1 atom stereocenters. The number of guanidine groups is 1. The summed E-state index contributed by atoms with van der Waals surface area (Å²) in [7, 11) is 0. The van der Waals surface area contributed by atoms with Crippen molar-refractivity contribution in [3.63, 3.8) is 0 Å². The van der Waals surface area contributed by atoms with Crippen LogP contribution in [0.1, 0.15) is 24.5 Å². The molecule has 10 heteroatoms. The van der Waals surface area contributed by atoms with Crippen LogP contribution in [0.15, 0.2) is 29.3 Å². The summed E-state index contributed by atoms with van der Waals surface area (Å²) in [6.45, 7) is 2.21. The molecule has 0 saturated carbocycles. The van der Waals surface area contributed by atoms with Crippen molar-refractivity contribution < 1.29 is 23.0 Å². The van der Waals surface area contributed by atoms with Crippen molar-refractivity contribution in [1.82, 2.24) is 10.6 Å². The number of rotatable bonds is 8. The van der Waals surface area contributed by atoms with Gasteiger partial charge in [-0.3, -0.25) is 0 Å². The van der Waals surface area contributed by atoms with Crippen molar-refractivity contribution in [3.05, 3.63) is 35.4 Å². The third-order valence-corrected chi connectivity index (χ3v) is 5.22. The molecule has 0 spiro atoms. The third kappa shape index (κ3) is 9.66. The van der Waals surface area contributed by atoms with Crippen LogP contribution in [0.5, 0.6) is 0 Å². The number of aliphatic imine (C=N–C) groups is 1. The van der Waals surface area contributed by atoms with Gasteiger partial charge in [-0.25, -0.2) is 4.99 Å². The Hall–Kier alpha value is -0.720. The molecule has 28 heavy (non-hydrogen) atoms. The van der Waals surface area contributed by atoms with Gasteiger partial charge in [-0.1, -0.05) is 24.3 Å². The summed E-state index contributed by atoms with van der Waals surface area (Å²) in [5, 5.41) is 16.7. The van der Waals surface area contributed by atoms with Gasteiger partial charge >= 0.3 is 6.18 Å². The number of hydrogen-bond acceptors (Lipinski definition) is 4. The van der Waals surface area contributed by atoms with Crippen molar-refractivity contribution >= 4 is 41.7 Å². The number of halogens is 4. The van der Waals surface area contributed by atoms with Crippen LogP contribution in [-0.2, 0) is 17.9 Å². The summed E-state index contributed by atoms with van der Waals surface area (Å²) in [6.07, 6.45) is -3.55. The molecule has 3 N–H and O–H groups in total. The number of hydrogen-bond donors (Lipinski definition) is 3. The Bertz CT molecular complexity index is 609. The molecular weight excluding hydrogens is 506 g/mol. The number of nitrogens with zero attached hydrogens (tertiary/aromatic N) is 1. The van der Waals surface area contributed by atoms with E-state index in [0.29, 0.717) is 31.2 Å². The average Bonchev–Trinajstić information content (AvgIpc) is 3.04. The monoisotopic (exact) mass is 533 g/mol. The van der Waals surface area contributed by atoms with Crippen LogP contribution in [0.3, 0.4) is 0 Å². The molecule has 0 aliphatic carbocycles. The Balaban J connectivity index is 0.00000392. The summed E-state index contributed by atoms with van der Waals surface area (Å²) >= 11 is 1.74. The van der Waals surface area contributed by atoms with E-state index in [4.69, 9.17) is 0 Å². The van der Waals surface area contributed by atoms with Gasteiger partial charge in [-0.2, -0.15) is 24.9 Å². The fourth-order valence-corrected chi connectivity index (χ4v) is 3.82. The summed E-state index contributed by atoms with van der Waals surface area (Å²) < 4.78 is 40.9. The van der Waals surface area contributed by atoms with E-state index in [9.17, 15) is 18.3 Å². The first-order valence-electron chi connectivity index (χ1n) is 8.84. The van der Waals surface area contributed by atoms with E-state index in [1.165, 1.54) is 0 Å². The lowest BCUT2D eigenvalue weighted by Gasteiger charge is -2.23. The number of benzene rings is 1. The molecule has 0 radical (unpaired) electrons. The fourth-order valence-electron chi connectivity index (χ4n) is 2.52. The normalized spacial score (nSPS) is 20.0. The summed E-state index contributed by atoms with van der Waals surface area (Å²) in [6, 6.07) is 7.11. The molecular formula is C18H27F3IN3O2S. The maximum atomic E-state index is 12.1. The van der Waals surface area contributed by atoms with E-state index in [2.05, 4.69) is 20.4 Å². The lowest BCUT2D eigenvalue weighted by Crippen LogP contribution is -2.47. The highest BCUT2D eigenvalue weighted by Crippen LogP contribution is 2.26. The van der Waals surface area contributed by atoms with Gasteiger partial charge in [0.05, 0.1) is 18.8 Å². The minimum Gasteiger partial charge on any atom is -0.387 e. The summed E-state index contributed by atoms with van der Waals surface area (Å²) in [5.41, 5.74) is 0.915. The largest absolute Gasteiger partial charge is 0.411 e. The van der Waals surface area contributed by atoms with Crippen LogP contribution >= 0.6 is 35.7 Å². The van der Waals surface area contributed by atoms with Gasteiger partial charge in [0.15, 0.2) is 5.96 Å². The van der Waals surface area contributed by atoms with Crippen molar-refractivity contribution in [2.45, 2.75) is 38.3 Å². The molecule has 0 aromatic heterocycles. The van der Waals surface area contributed by atoms with Gasteiger partial charge in [0, 0.05) is 18.8 Å². The van der Waals surface area contributed by atoms with Gasteiger partial charge in [0.1, 0.15) is 6.61 Å². The number of aliphatic hydroxyl groups is 1. The zero-order chi connectivity index (χ0) is 19.8. The van der Waals surface area contributed by atoms with Crippen LogP contribution < -0.4 is 10.6 Å². The molecule has 1 fully saturated rings. The minimum absolute atomic E-state index is 0. The van der Waals surface area contributed by atoms with E-state index >= 15 is 0 Å². The molecule has 1 aromatic rings. The van der Waals surface area contributed by atoms with Gasteiger partial charge in [-0.15, -0.1) is 24.0 Å². The van der Waals surface area contributed by atoms with E-state index in [1.807, 2.05) is 19.1 Å². The maximum absolute atomic E-state index is 12.1. The van der Waals surface area contributed by atoms with Crippen molar-refractivity contribution in [1.29, 1.82) is 0 Å². The molecule has 0 bridgehead atoms. The second kappa shape index (κ2) is 12.1. The van der Waals surface area contributed by atoms with Crippen LogP contribution in [-0.4, -0.2) is 54.0 Å². The predicted octanol–water partition coefficient (Wildman–Crippen LogP) is 3.31. The number of alkyl halides is 3. The first-order chi connectivity index (χ1) is 12.8. The van der Waals surface area contributed by atoms with Crippen molar-refractivity contribution in [3.8, 4) is 0 Å².